The molecular weight excluding hydrogens is 377 g/mol. The van der Waals surface area contributed by atoms with Crippen LogP contribution in [0.5, 0.6) is 0 Å². The standard InChI is InChI=1S/C17H22INO2/c1-17(2,3)21-16(20)19-11-9-14(10-12-19)15(18)13-7-5-4-6-8-13/h4-8H,9-12H2,1-3H3. The topological polar surface area (TPSA) is 29.5 Å². The molecule has 1 aromatic carbocycles. The highest BCUT2D eigenvalue weighted by Gasteiger charge is 2.25. The molecule has 0 aromatic heterocycles. The molecule has 2 rings (SSSR count). The first-order chi connectivity index (χ1) is 9.87. The average molecular weight is 399 g/mol. The molecule has 1 saturated heterocycles. The number of ether oxygens (including phenoxy) is 1. The number of likely N-dealkylation sites (tertiary alicyclic amines) is 1. The molecule has 4 heteroatoms. The Labute approximate surface area is 140 Å². The number of nitrogens with zero attached hydrogens (tertiary/aromatic N) is 1. The lowest BCUT2D eigenvalue weighted by atomic mass is 10.0. The molecule has 21 heavy (non-hydrogen) atoms. The summed E-state index contributed by atoms with van der Waals surface area (Å²) in [6.07, 6.45) is 1.65. The Hall–Kier alpha value is -1.04. The maximum atomic E-state index is 12.0. The van der Waals surface area contributed by atoms with Crippen LogP contribution < -0.4 is 0 Å². The highest BCUT2D eigenvalue weighted by molar-refractivity contribution is 14.1. The van der Waals surface area contributed by atoms with E-state index in [4.69, 9.17) is 4.74 Å². The predicted molar refractivity (Wildman–Crippen MR) is 94.4 cm³/mol. The van der Waals surface area contributed by atoms with Crippen molar-refractivity contribution >= 4 is 32.3 Å². The van der Waals surface area contributed by atoms with E-state index in [1.807, 2.05) is 31.7 Å². The minimum absolute atomic E-state index is 0.198. The molecule has 1 heterocycles. The van der Waals surface area contributed by atoms with E-state index in [2.05, 4.69) is 46.9 Å². The minimum Gasteiger partial charge on any atom is -0.444 e. The zero-order valence-corrected chi connectivity index (χ0v) is 15.0. The highest BCUT2D eigenvalue weighted by atomic mass is 127. The van der Waals surface area contributed by atoms with Gasteiger partial charge in [-0.05, 0) is 61.8 Å². The number of halogens is 1. The van der Waals surface area contributed by atoms with Crippen LogP contribution in [0.1, 0.15) is 39.2 Å². The Morgan fingerprint density at radius 1 is 1.14 bits per heavy atom. The quantitative estimate of drug-likeness (QED) is 0.631. The van der Waals surface area contributed by atoms with Crippen LogP contribution in [0.25, 0.3) is 3.58 Å². The second-order valence-electron chi connectivity index (χ2n) is 6.25. The fraction of sp³-hybridized carbons (Fsp3) is 0.471. The summed E-state index contributed by atoms with van der Waals surface area (Å²) in [5.74, 6) is 0. The van der Waals surface area contributed by atoms with Gasteiger partial charge in [0.1, 0.15) is 5.60 Å². The van der Waals surface area contributed by atoms with E-state index in [-0.39, 0.29) is 6.09 Å². The molecule has 1 amide bonds. The van der Waals surface area contributed by atoms with Gasteiger partial charge < -0.3 is 9.64 Å². The van der Waals surface area contributed by atoms with Gasteiger partial charge in [-0.1, -0.05) is 35.9 Å². The van der Waals surface area contributed by atoms with Crippen LogP contribution in [0.15, 0.2) is 35.9 Å². The third-order valence-electron chi connectivity index (χ3n) is 3.36. The first-order valence-electron chi connectivity index (χ1n) is 7.28. The van der Waals surface area contributed by atoms with Crippen LogP contribution in [0.2, 0.25) is 0 Å². The summed E-state index contributed by atoms with van der Waals surface area (Å²) in [5.41, 5.74) is 2.27. The summed E-state index contributed by atoms with van der Waals surface area (Å²) < 4.78 is 6.74. The predicted octanol–water partition coefficient (Wildman–Crippen LogP) is 4.86. The third-order valence-corrected chi connectivity index (χ3v) is 4.74. The minimum atomic E-state index is -0.425. The van der Waals surface area contributed by atoms with Gasteiger partial charge in [0.2, 0.25) is 0 Å². The maximum absolute atomic E-state index is 12.0. The monoisotopic (exact) mass is 399 g/mol. The smallest absolute Gasteiger partial charge is 0.410 e. The van der Waals surface area contributed by atoms with Crippen molar-refractivity contribution in [3.8, 4) is 0 Å². The number of hydrogen-bond acceptors (Lipinski definition) is 2. The van der Waals surface area contributed by atoms with Crippen molar-refractivity contribution in [3.05, 3.63) is 41.5 Å². The Morgan fingerprint density at radius 3 is 2.24 bits per heavy atom. The SMILES string of the molecule is CC(C)(C)OC(=O)N1CCC(=C(I)c2ccccc2)CC1. The van der Waals surface area contributed by atoms with Gasteiger partial charge in [-0.2, -0.15) is 0 Å². The molecule has 0 bridgehead atoms. The van der Waals surface area contributed by atoms with Gasteiger partial charge in [0.05, 0.1) is 0 Å². The summed E-state index contributed by atoms with van der Waals surface area (Å²) in [6, 6.07) is 10.4. The molecule has 0 radical (unpaired) electrons. The van der Waals surface area contributed by atoms with Gasteiger partial charge in [-0.25, -0.2) is 4.79 Å². The second-order valence-corrected chi connectivity index (χ2v) is 7.33. The first-order valence-corrected chi connectivity index (χ1v) is 8.35. The van der Waals surface area contributed by atoms with Gasteiger partial charge in [-0.15, -0.1) is 0 Å². The number of carbonyl (C=O) groups excluding carboxylic acids is 1. The van der Waals surface area contributed by atoms with Crippen LogP contribution in [0.3, 0.4) is 0 Å². The molecule has 1 aliphatic rings. The summed E-state index contributed by atoms with van der Waals surface area (Å²) in [6.45, 7) is 7.18. The number of amides is 1. The van der Waals surface area contributed by atoms with E-state index in [1.165, 1.54) is 14.7 Å². The average Bonchev–Trinajstić information content (AvgIpc) is 2.46. The van der Waals surface area contributed by atoms with Crippen molar-refractivity contribution in [3.63, 3.8) is 0 Å². The number of piperidine rings is 1. The van der Waals surface area contributed by atoms with Gasteiger partial charge in [0, 0.05) is 16.7 Å². The lowest BCUT2D eigenvalue weighted by molar-refractivity contribution is 0.0237. The van der Waals surface area contributed by atoms with E-state index in [0.717, 1.165) is 25.9 Å². The highest BCUT2D eigenvalue weighted by Crippen LogP contribution is 2.31. The zero-order chi connectivity index (χ0) is 15.5. The number of rotatable bonds is 1. The summed E-state index contributed by atoms with van der Waals surface area (Å²) in [5, 5.41) is 0. The molecular formula is C17H22INO2. The molecule has 1 aromatic rings. The lowest BCUT2D eigenvalue weighted by Gasteiger charge is -2.31. The van der Waals surface area contributed by atoms with Crippen LogP contribution in [-0.2, 0) is 4.74 Å². The summed E-state index contributed by atoms with van der Waals surface area (Å²) in [4.78, 5) is 13.9. The summed E-state index contributed by atoms with van der Waals surface area (Å²) in [7, 11) is 0. The van der Waals surface area contributed by atoms with Crippen molar-refractivity contribution < 1.29 is 9.53 Å². The molecule has 0 saturated carbocycles. The Morgan fingerprint density at radius 2 is 1.71 bits per heavy atom. The van der Waals surface area contributed by atoms with Crippen LogP contribution in [0.4, 0.5) is 4.79 Å². The molecule has 0 aliphatic carbocycles. The van der Waals surface area contributed by atoms with Crippen molar-refractivity contribution in [1.29, 1.82) is 0 Å². The van der Waals surface area contributed by atoms with Crippen LogP contribution >= 0.6 is 22.6 Å². The van der Waals surface area contributed by atoms with Crippen LogP contribution in [-0.4, -0.2) is 29.7 Å². The molecule has 0 unspecified atom stereocenters. The van der Waals surface area contributed by atoms with Crippen molar-refractivity contribution in [1.82, 2.24) is 4.90 Å². The van der Waals surface area contributed by atoms with E-state index >= 15 is 0 Å². The van der Waals surface area contributed by atoms with E-state index < -0.39 is 5.60 Å². The summed E-state index contributed by atoms with van der Waals surface area (Å²) >= 11 is 2.42. The number of benzene rings is 1. The molecule has 1 fully saturated rings. The van der Waals surface area contributed by atoms with Crippen LogP contribution in [0, 0.1) is 0 Å². The van der Waals surface area contributed by atoms with Gasteiger partial charge >= 0.3 is 6.09 Å². The third kappa shape index (κ3) is 4.73. The Kier molecular flexibility index (Phi) is 5.30. The van der Waals surface area contributed by atoms with Gasteiger partial charge in [-0.3, -0.25) is 0 Å². The molecule has 114 valence electrons. The van der Waals surface area contributed by atoms with Crippen molar-refractivity contribution in [2.45, 2.75) is 39.2 Å². The normalized spacial score (nSPS) is 15.8. The molecule has 0 N–H and O–H groups in total. The molecule has 0 atom stereocenters. The Bertz CT molecular complexity index is 521. The second kappa shape index (κ2) is 6.81. The molecule has 0 spiro atoms. The first kappa shape index (κ1) is 16.3. The Balaban J connectivity index is 1.99. The van der Waals surface area contributed by atoms with Gasteiger partial charge in [0.15, 0.2) is 0 Å². The fourth-order valence-electron chi connectivity index (χ4n) is 2.29. The van der Waals surface area contributed by atoms with Gasteiger partial charge in [0.25, 0.3) is 0 Å². The van der Waals surface area contributed by atoms with Crippen molar-refractivity contribution in [2.75, 3.05) is 13.1 Å². The lowest BCUT2D eigenvalue weighted by Crippen LogP contribution is -2.40. The molecule has 3 nitrogen and oxygen atoms in total. The molecule has 1 aliphatic heterocycles. The van der Waals surface area contributed by atoms with E-state index in [0.29, 0.717) is 0 Å². The van der Waals surface area contributed by atoms with Crippen molar-refractivity contribution in [2.24, 2.45) is 0 Å². The van der Waals surface area contributed by atoms with E-state index in [9.17, 15) is 4.79 Å². The largest absolute Gasteiger partial charge is 0.444 e. The van der Waals surface area contributed by atoms with E-state index in [1.54, 1.807) is 0 Å². The number of carbonyl (C=O) groups is 1. The zero-order valence-electron chi connectivity index (χ0n) is 12.9. The maximum Gasteiger partial charge on any atom is 0.410 e. The fourth-order valence-corrected chi connectivity index (χ4v) is 3.19. The number of hydrogen-bond donors (Lipinski definition) is 0.